The lowest BCUT2D eigenvalue weighted by molar-refractivity contribution is -0.165. The third-order valence-corrected chi connectivity index (χ3v) is 11.7. The van der Waals surface area contributed by atoms with E-state index in [1.807, 2.05) is 44.5 Å². The number of nitrogens with one attached hydrogen (secondary N) is 1. The molecule has 0 bridgehead atoms. The van der Waals surface area contributed by atoms with Crippen molar-refractivity contribution in [1.29, 1.82) is 0 Å². The van der Waals surface area contributed by atoms with E-state index in [2.05, 4.69) is 17.1 Å². The van der Waals surface area contributed by atoms with Crippen LogP contribution in [0.4, 0.5) is 0 Å². The quantitative estimate of drug-likeness (QED) is 0.414. The summed E-state index contributed by atoms with van der Waals surface area (Å²) in [6, 6.07) is 6.03. The van der Waals surface area contributed by atoms with Crippen LogP contribution < -0.4 is 5.32 Å². The molecule has 2 N–H and O–H groups in total. The van der Waals surface area contributed by atoms with Crippen LogP contribution in [-0.4, -0.2) is 99.6 Å². The number of aromatic nitrogens is 2. The number of unbranched alkanes of at least 4 members (excludes halogenated alkanes) is 1. The van der Waals surface area contributed by atoms with Crippen LogP contribution in [0.5, 0.6) is 0 Å². The number of rotatable bonds is 10. The second kappa shape index (κ2) is 12.9. The van der Waals surface area contributed by atoms with E-state index >= 15 is 0 Å². The van der Waals surface area contributed by atoms with Crippen molar-refractivity contribution in [3.63, 3.8) is 0 Å². The minimum Gasteiger partial charge on any atom is -0.390 e. The molecule has 1 spiro atoms. The summed E-state index contributed by atoms with van der Waals surface area (Å²) in [7, 11) is -3.48. The van der Waals surface area contributed by atoms with Gasteiger partial charge in [-0.3, -0.25) is 14.5 Å². The highest BCUT2D eigenvalue weighted by Gasteiger charge is 2.54. The first-order chi connectivity index (χ1) is 20.9. The number of carbonyl (C=O) groups excluding carboxylic acids is 2. The van der Waals surface area contributed by atoms with E-state index in [0.717, 1.165) is 48.3 Å². The maximum atomic E-state index is 13.6. The molecule has 2 aromatic rings. The van der Waals surface area contributed by atoms with E-state index < -0.39 is 27.7 Å². The maximum Gasteiger partial charge on any atom is 0.248 e. The van der Waals surface area contributed by atoms with E-state index in [-0.39, 0.29) is 17.7 Å². The van der Waals surface area contributed by atoms with Crippen molar-refractivity contribution < 1.29 is 23.1 Å². The van der Waals surface area contributed by atoms with Crippen molar-refractivity contribution in [1.82, 2.24) is 29.2 Å². The molecule has 12 heteroatoms. The highest BCUT2D eigenvalue weighted by molar-refractivity contribution is 7.89. The minimum atomic E-state index is -3.48. The van der Waals surface area contributed by atoms with E-state index in [9.17, 15) is 23.1 Å². The van der Waals surface area contributed by atoms with Gasteiger partial charge in [0.1, 0.15) is 11.6 Å². The first kappa shape index (κ1) is 32.6. The fourth-order valence-electron chi connectivity index (χ4n) is 6.89. The summed E-state index contributed by atoms with van der Waals surface area (Å²) in [6.45, 7) is 13.4. The SMILES string of the molecule is CCCCN1C(=O)[C@@H]([C@H](O)C(C)C)NC(=O)C12CCN(Cc1c(C)nn(-c3ccc(S(=O)(=O)N4CCCC4)cc3)c1C)CC2. The van der Waals surface area contributed by atoms with Gasteiger partial charge in [0, 0.05) is 50.5 Å². The van der Waals surface area contributed by atoms with Crippen LogP contribution in [0.2, 0.25) is 0 Å². The maximum absolute atomic E-state index is 13.6. The summed E-state index contributed by atoms with van der Waals surface area (Å²) in [5.41, 5.74) is 2.89. The van der Waals surface area contributed by atoms with Gasteiger partial charge in [-0.05, 0) is 76.1 Å². The summed E-state index contributed by atoms with van der Waals surface area (Å²) in [6.07, 6.45) is 3.63. The van der Waals surface area contributed by atoms with Gasteiger partial charge in [0.2, 0.25) is 21.8 Å². The van der Waals surface area contributed by atoms with Gasteiger partial charge in [0.15, 0.2) is 0 Å². The number of piperazine rings is 1. The topological polar surface area (TPSA) is 128 Å². The number of hydrogen-bond donors (Lipinski definition) is 2. The van der Waals surface area contributed by atoms with Gasteiger partial charge in [0.25, 0.3) is 0 Å². The number of benzene rings is 1. The number of aliphatic hydroxyl groups is 1. The molecule has 44 heavy (non-hydrogen) atoms. The number of aliphatic hydroxyl groups excluding tert-OH is 1. The third-order valence-electron chi connectivity index (χ3n) is 9.81. The van der Waals surface area contributed by atoms with Crippen molar-refractivity contribution in [3.8, 4) is 5.69 Å². The summed E-state index contributed by atoms with van der Waals surface area (Å²) < 4.78 is 29.3. The monoisotopic (exact) mass is 628 g/mol. The molecule has 242 valence electrons. The smallest absolute Gasteiger partial charge is 0.248 e. The van der Waals surface area contributed by atoms with E-state index in [4.69, 9.17) is 5.10 Å². The zero-order valence-electron chi connectivity index (χ0n) is 26.8. The van der Waals surface area contributed by atoms with Crippen LogP contribution in [0, 0.1) is 19.8 Å². The predicted octanol–water partition coefficient (Wildman–Crippen LogP) is 2.75. The molecule has 3 aliphatic heterocycles. The average molecular weight is 629 g/mol. The van der Waals surface area contributed by atoms with Crippen molar-refractivity contribution in [3.05, 3.63) is 41.2 Å². The van der Waals surface area contributed by atoms with Crippen LogP contribution in [0.25, 0.3) is 5.69 Å². The standard InChI is InChI=1S/C32H48N6O5S/c1-6-7-18-37-30(40)28(29(39)22(2)3)33-31(41)32(37)14-19-35(20-15-32)21-27-23(4)34-38(24(27)5)25-10-12-26(13-11-25)44(42,43)36-16-8-9-17-36/h10-13,22,28-29,39H,6-9,14-21H2,1-5H3,(H,33,41)/t28-,29-/m1/s1. The molecule has 3 aliphatic rings. The van der Waals surface area contributed by atoms with Crippen molar-refractivity contribution in [2.24, 2.45) is 5.92 Å². The van der Waals surface area contributed by atoms with Crippen molar-refractivity contribution in [2.45, 2.75) is 102 Å². The van der Waals surface area contributed by atoms with Gasteiger partial charge in [-0.25, -0.2) is 13.1 Å². The molecule has 0 saturated carbocycles. The van der Waals surface area contributed by atoms with Gasteiger partial charge in [-0.2, -0.15) is 9.40 Å². The largest absolute Gasteiger partial charge is 0.390 e. The number of piperidine rings is 1. The highest BCUT2D eigenvalue weighted by atomic mass is 32.2. The normalized spacial score (nSPS) is 22.2. The molecule has 1 aromatic heterocycles. The number of amides is 2. The minimum absolute atomic E-state index is 0.151. The van der Waals surface area contributed by atoms with Gasteiger partial charge >= 0.3 is 0 Å². The van der Waals surface area contributed by atoms with E-state index in [0.29, 0.717) is 57.0 Å². The fraction of sp³-hybridized carbons (Fsp3) is 0.656. The summed E-state index contributed by atoms with van der Waals surface area (Å²) in [5, 5.41) is 18.4. The lowest BCUT2D eigenvalue weighted by Gasteiger charge is -2.52. The first-order valence-corrected chi connectivity index (χ1v) is 17.5. The second-order valence-corrected chi connectivity index (χ2v) is 14.9. The molecular weight excluding hydrogens is 580 g/mol. The van der Waals surface area contributed by atoms with Crippen LogP contribution >= 0.6 is 0 Å². The molecule has 4 heterocycles. The van der Waals surface area contributed by atoms with E-state index in [1.54, 1.807) is 21.3 Å². The Kier molecular flexibility index (Phi) is 9.55. The lowest BCUT2D eigenvalue weighted by Crippen LogP contribution is -2.74. The summed E-state index contributed by atoms with van der Waals surface area (Å²) >= 11 is 0. The Labute approximate surface area is 261 Å². The Morgan fingerprint density at radius 3 is 2.27 bits per heavy atom. The van der Waals surface area contributed by atoms with E-state index in [1.165, 1.54) is 0 Å². The molecule has 0 unspecified atom stereocenters. The predicted molar refractivity (Wildman–Crippen MR) is 168 cm³/mol. The number of hydrogen-bond acceptors (Lipinski definition) is 7. The van der Waals surface area contributed by atoms with Crippen molar-refractivity contribution in [2.75, 3.05) is 32.7 Å². The molecule has 3 fully saturated rings. The number of sulfonamides is 1. The fourth-order valence-corrected chi connectivity index (χ4v) is 8.41. The Morgan fingerprint density at radius 1 is 1.05 bits per heavy atom. The number of aryl methyl sites for hydroxylation is 1. The van der Waals surface area contributed by atoms with Gasteiger partial charge in [-0.1, -0.05) is 27.2 Å². The Balaban J connectivity index is 1.29. The number of likely N-dealkylation sites (tertiary alicyclic amines) is 1. The molecule has 11 nitrogen and oxygen atoms in total. The number of nitrogens with zero attached hydrogens (tertiary/aromatic N) is 5. The molecule has 1 aromatic carbocycles. The van der Waals surface area contributed by atoms with Crippen LogP contribution in [-0.2, 0) is 26.2 Å². The summed E-state index contributed by atoms with van der Waals surface area (Å²) in [4.78, 5) is 31.6. The molecular formula is C32H48N6O5S. The Morgan fingerprint density at radius 2 is 1.68 bits per heavy atom. The van der Waals surface area contributed by atoms with Gasteiger partial charge < -0.3 is 15.3 Å². The Hall–Kier alpha value is -2.80. The van der Waals surface area contributed by atoms with Gasteiger partial charge in [0.05, 0.1) is 22.4 Å². The zero-order valence-corrected chi connectivity index (χ0v) is 27.6. The average Bonchev–Trinajstić information content (AvgIpc) is 3.65. The second-order valence-electron chi connectivity index (χ2n) is 13.0. The molecule has 0 aliphatic carbocycles. The highest BCUT2D eigenvalue weighted by Crippen LogP contribution is 2.35. The lowest BCUT2D eigenvalue weighted by atomic mass is 9.80. The van der Waals surface area contributed by atoms with Crippen molar-refractivity contribution >= 4 is 21.8 Å². The molecule has 0 radical (unpaired) electrons. The summed E-state index contributed by atoms with van der Waals surface area (Å²) in [5.74, 6) is -0.491. The third kappa shape index (κ3) is 5.93. The molecule has 5 rings (SSSR count). The Bertz CT molecular complexity index is 1460. The molecule has 3 saturated heterocycles. The molecule has 2 amide bonds. The molecule has 2 atom stereocenters. The van der Waals surface area contributed by atoms with Crippen LogP contribution in [0.15, 0.2) is 29.2 Å². The van der Waals surface area contributed by atoms with Gasteiger partial charge in [-0.15, -0.1) is 0 Å². The zero-order chi connectivity index (χ0) is 31.8. The van der Waals surface area contributed by atoms with Crippen LogP contribution in [0.3, 0.4) is 0 Å². The first-order valence-electron chi connectivity index (χ1n) is 16.1. The number of carbonyl (C=O) groups is 2. The van der Waals surface area contributed by atoms with Crippen LogP contribution in [0.1, 0.15) is 76.2 Å².